The highest BCUT2D eigenvalue weighted by Crippen LogP contribution is 2.70. The molecule has 28 heavy (non-hydrogen) atoms. The van der Waals surface area contributed by atoms with Crippen LogP contribution in [-0.4, -0.2) is 50.5 Å². The summed E-state index contributed by atoms with van der Waals surface area (Å²) >= 11 is 0. The van der Waals surface area contributed by atoms with Crippen LogP contribution in [0.3, 0.4) is 0 Å². The number of esters is 1. The molecule has 2 aliphatic heterocycles. The van der Waals surface area contributed by atoms with Crippen molar-refractivity contribution >= 4 is 11.8 Å². The first kappa shape index (κ1) is 18.4. The van der Waals surface area contributed by atoms with E-state index in [4.69, 9.17) is 9.47 Å². The maximum absolute atomic E-state index is 13.0. The lowest BCUT2D eigenvalue weighted by Gasteiger charge is -2.59. The Kier molecular flexibility index (Phi) is 4.07. The number of piperidine rings is 1. The van der Waals surface area contributed by atoms with Crippen molar-refractivity contribution in [3.05, 3.63) is 23.0 Å². The molecule has 0 amide bonds. The molecule has 0 unspecified atom stereocenters. The third-order valence-corrected chi connectivity index (χ3v) is 8.62. The first-order valence-corrected chi connectivity index (χ1v) is 10.8. The van der Waals surface area contributed by atoms with Gasteiger partial charge in [0.05, 0.1) is 25.4 Å². The van der Waals surface area contributed by atoms with E-state index in [1.807, 2.05) is 0 Å². The molecule has 0 aromatic carbocycles. The fraction of sp³-hybridized carbons (Fsp3) is 0.739. The fourth-order valence-corrected chi connectivity index (χ4v) is 7.52. The monoisotopic (exact) mass is 385 g/mol. The highest BCUT2D eigenvalue weighted by atomic mass is 16.5. The topological polar surface area (TPSA) is 55.8 Å². The van der Waals surface area contributed by atoms with E-state index in [2.05, 4.69) is 24.9 Å². The van der Waals surface area contributed by atoms with E-state index in [0.717, 1.165) is 63.1 Å². The fourth-order valence-electron chi connectivity index (χ4n) is 7.52. The number of ketones is 1. The van der Waals surface area contributed by atoms with Gasteiger partial charge in [0, 0.05) is 42.7 Å². The van der Waals surface area contributed by atoms with E-state index in [1.54, 1.807) is 0 Å². The number of allylic oxidation sites excluding steroid dienone is 3. The lowest BCUT2D eigenvalue weighted by molar-refractivity contribution is -0.149. The molecule has 2 spiro atoms. The number of nitrogens with zero attached hydrogens (tertiary/aromatic N) is 1. The Bertz CT molecular complexity index is 798. The predicted molar refractivity (Wildman–Crippen MR) is 104 cm³/mol. The summed E-state index contributed by atoms with van der Waals surface area (Å²) in [5, 5.41) is 0. The third kappa shape index (κ3) is 2.17. The van der Waals surface area contributed by atoms with E-state index in [1.165, 1.54) is 12.7 Å². The number of hydrogen-bond acceptors (Lipinski definition) is 5. The molecule has 5 rings (SSSR count). The van der Waals surface area contributed by atoms with E-state index in [9.17, 15) is 9.59 Å². The van der Waals surface area contributed by atoms with Gasteiger partial charge < -0.3 is 14.4 Å². The molecule has 0 aromatic rings. The van der Waals surface area contributed by atoms with Gasteiger partial charge in [-0.2, -0.15) is 0 Å². The normalized spacial score (nSPS) is 42.2. The van der Waals surface area contributed by atoms with Crippen molar-refractivity contribution in [3.8, 4) is 0 Å². The second kappa shape index (κ2) is 6.19. The maximum Gasteiger partial charge on any atom is 0.309 e. The van der Waals surface area contributed by atoms with Gasteiger partial charge >= 0.3 is 5.97 Å². The number of rotatable bonds is 2. The number of methoxy groups -OCH3 is 1. The minimum Gasteiger partial charge on any atom is -0.498 e. The zero-order chi connectivity index (χ0) is 19.7. The molecule has 2 fully saturated rings. The van der Waals surface area contributed by atoms with Crippen LogP contribution in [0.4, 0.5) is 0 Å². The lowest BCUT2D eigenvalue weighted by Crippen LogP contribution is -2.61. The molecule has 5 atom stereocenters. The minimum atomic E-state index is -0.194. The Morgan fingerprint density at radius 3 is 2.93 bits per heavy atom. The summed E-state index contributed by atoms with van der Waals surface area (Å²) in [5.74, 6) is 1.55. The van der Waals surface area contributed by atoms with E-state index in [-0.39, 0.29) is 34.4 Å². The maximum atomic E-state index is 13.0. The van der Waals surface area contributed by atoms with Gasteiger partial charge in [-0.15, -0.1) is 0 Å². The largest absolute Gasteiger partial charge is 0.498 e. The van der Waals surface area contributed by atoms with Crippen molar-refractivity contribution in [3.63, 3.8) is 0 Å². The summed E-state index contributed by atoms with van der Waals surface area (Å²) in [6.45, 7) is 4.82. The summed E-state index contributed by atoms with van der Waals surface area (Å²) < 4.78 is 11.5. The molecule has 5 aliphatic rings. The van der Waals surface area contributed by atoms with Crippen LogP contribution in [0.1, 0.15) is 45.4 Å². The molecular weight excluding hydrogens is 354 g/mol. The van der Waals surface area contributed by atoms with Gasteiger partial charge in [-0.25, -0.2) is 0 Å². The molecule has 0 radical (unpaired) electrons. The van der Waals surface area contributed by atoms with Gasteiger partial charge in [0.25, 0.3) is 0 Å². The number of carbonyl (C=O) groups is 2. The molecule has 2 bridgehead atoms. The standard InChI is InChI=1S/C23H31NO4/c1-4-15-7-8-22(13-28-15)14-5-6-16-19(25)9-17-18(21(26)27-3)10-23(22,20(16)17)12-24(2)11-14/h7,14,17-18H,4-6,8-13H2,1-3H3/t14-,17+,18+,22+,23-/m0/s1. The van der Waals surface area contributed by atoms with E-state index in [0.29, 0.717) is 12.3 Å². The smallest absolute Gasteiger partial charge is 0.309 e. The van der Waals surface area contributed by atoms with Gasteiger partial charge in [0.15, 0.2) is 5.78 Å². The van der Waals surface area contributed by atoms with E-state index >= 15 is 0 Å². The summed E-state index contributed by atoms with van der Waals surface area (Å²) in [6, 6.07) is 0. The number of Topliss-reactive ketones (excluding diaryl/α,β-unsaturated/α-hetero) is 1. The van der Waals surface area contributed by atoms with Crippen molar-refractivity contribution < 1.29 is 19.1 Å². The van der Waals surface area contributed by atoms with Crippen LogP contribution in [0.25, 0.3) is 0 Å². The van der Waals surface area contributed by atoms with Crippen LogP contribution < -0.4 is 0 Å². The Labute approximate surface area is 167 Å². The highest BCUT2D eigenvalue weighted by Gasteiger charge is 2.69. The first-order chi connectivity index (χ1) is 13.5. The van der Waals surface area contributed by atoms with Crippen LogP contribution >= 0.6 is 0 Å². The van der Waals surface area contributed by atoms with Crippen LogP contribution in [-0.2, 0) is 19.1 Å². The Hall–Kier alpha value is -1.62. The van der Waals surface area contributed by atoms with Crippen molar-refractivity contribution in [1.82, 2.24) is 4.90 Å². The highest BCUT2D eigenvalue weighted by molar-refractivity contribution is 6.01. The molecule has 1 saturated heterocycles. The quantitative estimate of drug-likeness (QED) is 0.684. The second-order valence-electron chi connectivity index (χ2n) is 9.65. The van der Waals surface area contributed by atoms with Crippen LogP contribution in [0.2, 0.25) is 0 Å². The van der Waals surface area contributed by atoms with Crippen molar-refractivity contribution in [2.24, 2.45) is 28.6 Å². The van der Waals surface area contributed by atoms with Crippen LogP contribution in [0.15, 0.2) is 23.0 Å². The third-order valence-electron chi connectivity index (χ3n) is 8.62. The molecule has 5 nitrogen and oxygen atoms in total. The van der Waals surface area contributed by atoms with Crippen molar-refractivity contribution in [2.45, 2.75) is 45.4 Å². The van der Waals surface area contributed by atoms with Crippen LogP contribution in [0.5, 0.6) is 0 Å². The average molecular weight is 386 g/mol. The Morgan fingerprint density at radius 2 is 2.25 bits per heavy atom. The molecule has 3 aliphatic carbocycles. The van der Waals surface area contributed by atoms with Gasteiger partial charge in [-0.3, -0.25) is 9.59 Å². The number of likely N-dealkylation sites (tertiary alicyclic amines) is 1. The van der Waals surface area contributed by atoms with Crippen molar-refractivity contribution in [1.29, 1.82) is 0 Å². The van der Waals surface area contributed by atoms with Gasteiger partial charge in [-0.1, -0.05) is 12.5 Å². The minimum absolute atomic E-state index is 0.0130. The lowest BCUT2D eigenvalue weighted by atomic mass is 9.51. The SMILES string of the molecule is CCC1=CC[C@@]2(CO1)[C@H]1CCC3=C4[C@H](CC3=O)[C@H](C(=O)OC)C[C@]42CN(C)C1. The molecule has 152 valence electrons. The zero-order valence-corrected chi connectivity index (χ0v) is 17.3. The van der Waals surface area contributed by atoms with Crippen LogP contribution in [0, 0.1) is 28.6 Å². The summed E-state index contributed by atoms with van der Waals surface area (Å²) in [4.78, 5) is 28.1. The van der Waals surface area contributed by atoms with E-state index < -0.39 is 0 Å². The summed E-state index contributed by atoms with van der Waals surface area (Å²) in [6.07, 6.45) is 7.43. The predicted octanol–water partition coefficient (Wildman–Crippen LogP) is 3.11. The van der Waals surface area contributed by atoms with Gasteiger partial charge in [0.1, 0.15) is 0 Å². The molecule has 0 aromatic heterocycles. The summed E-state index contributed by atoms with van der Waals surface area (Å²) in [5.41, 5.74) is 2.21. The van der Waals surface area contributed by atoms with Gasteiger partial charge in [-0.05, 0) is 50.3 Å². The molecular formula is C23H31NO4. The van der Waals surface area contributed by atoms with Gasteiger partial charge in [0.2, 0.25) is 0 Å². The number of ether oxygens (including phenoxy) is 2. The Balaban J connectivity index is 1.70. The number of hydrogen-bond donors (Lipinski definition) is 0. The second-order valence-corrected chi connectivity index (χ2v) is 9.65. The molecule has 2 heterocycles. The molecule has 5 heteroatoms. The molecule has 0 N–H and O–H groups in total. The number of carbonyl (C=O) groups excluding carboxylic acids is 2. The first-order valence-electron chi connectivity index (χ1n) is 10.8. The average Bonchev–Trinajstić information content (AvgIpc) is 3.17. The van der Waals surface area contributed by atoms with Crippen molar-refractivity contribution in [2.75, 3.05) is 33.9 Å². The molecule has 1 saturated carbocycles. The summed E-state index contributed by atoms with van der Waals surface area (Å²) in [7, 11) is 3.67. The zero-order valence-electron chi connectivity index (χ0n) is 17.3. The Morgan fingerprint density at radius 1 is 1.43 bits per heavy atom.